The lowest BCUT2D eigenvalue weighted by Gasteiger charge is -2.19. The Hall–Kier alpha value is -3.16. The predicted molar refractivity (Wildman–Crippen MR) is 91.0 cm³/mol. The number of benzene rings is 2. The van der Waals surface area contributed by atoms with Crippen molar-refractivity contribution in [1.29, 1.82) is 0 Å². The summed E-state index contributed by atoms with van der Waals surface area (Å²) in [5.74, 6) is -1.58. The molecule has 1 aliphatic rings. The van der Waals surface area contributed by atoms with E-state index < -0.39 is 23.7 Å². The van der Waals surface area contributed by atoms with Gasteiger partial charge in [0.05, 0.1) is 12.8 Å². The smallest absolute Gasteiger partial charge is 0.319 e. The maximum absolute atomic E-state index is 13.6. The maximum atomic E-state index is 13.6. The third kappa shape index (κ3) is 3.74. The fraction of sp³-hybridized carbons (Fsp3) is 0.222. The summed E-state index contributed by atoms with van der Waals surface area (Å²) in [6.07, 6.45) is 0. The zero-order valence-corrected chi connectivity index (χ0v) is 13.9. The van der Waals surface area contributed by atoms with Crippen molar-refractivity contribution >= 4 is 17.6 Å². The molecule has 3 amide bonds. The average Bonchev–Trinajstić information content (AvgIpc) is 2.98. The van der Waals surface area contributed by atoms with Gasteiger partial charge < -0.3 is 20.7 Å². The number of urea groups is 1. The zero-order chi connectivity index (χ0) is 18.7. The van der Waals surface area contributed by atoms with Crippen LogP contribution in [0.15, 0.2) is 42.5 Å². The topological polar surface area (TPSA) is 79.5 Å². The second-order valence-electron chi connectivity index (χ2n) is 5.83. The third-order valence-corrected chi connectivity index (χ3v) is 4.19. The monoisotopic (exact) mass is 361 g/mol. The van der Waals surface area contributed by atoms with Crippen LogP contribution < -0.4 is 20.7 Å². The lowest BCUT2D eigenvalue weighted by Crippen LogP contribution is -2.44. The van der Waals surface area contributed by atoms with E-state index in [1.807, 2.05) is 12.1 Å². The van der Waals surface area contributed by atoms with Crippen LogP contribution in [-0.4, -0.2) is 31.6 Å². The molecule has 26 heavy (non-hydrogen) atoms. The first-order chi connectivity index (χ1) is 12.5. The van der Waals surface area contributed by atoms with Crippen LogP contribution in [0.5, 0.6) is 5.75 Å². The molecule has 0 bridgehead atoms. The van der Waals surface area contributed by atoms with Crippen LogP contribution in [0.3, 0.4) is 0 Å². The lowest BCUT2D eigenvalue weighted by atomic mass is 9.94. The summed E-state index contributed by atoms with van der Waals surface area (Å²) in [6, 6.07) is 8.40. The van der Waals surface area contributed by atoms with Gasteiger partial charge >= 0.3 is 6.03 Å². The number of carbonyl (C=O) groups is 2. The highest BCUT2D eigenvalue weighted by Gasteiger charge is 2.36. The van der Waals surface area contributed by atoms with Gasteiger partial charge in [-0.25, -0.2) is 13.6 Å². The first-order valence-electron chi connectivity index (χ1n) is 7.92. The molecule has 2 atom stereocenters. The highest BCUT2D eigenvalue weighted by atomic mass is 19.1. The van der Waals surface area contributed by atoms with Crippen LogP contribution in [0.4, 0.5) is 19.3 Å². The standard InChI is InChI=1S/C18H17F2N3O3/c1-26-12-5-2-10(3-6-12)13-9-21-17(24)16(13)23-18(25)22-15-7-4-11(19)8-14(15)20/h2-8,13,16H,9H2,1H3,(H,21,24)(H2,22,23,25). The lowest BCUT2D eigenvalue weighted by molar-refractivity contribution is -0.120. The minimum atomic E-state index is -0.900. The van der Waals surface area contributed by atoms with Crippen molar-refractivity contribution in [2.75, 3.05) is 19.0 Å². The largest absolute Gasteiger partial charge is 0.497 e. The van der Waals surface area contributed by atoms with E-state index >= 15 is 0 Å². The Labute approximate surface area is 148 Å². The second kappa shape index (κ2) is 7.38. The molecular weight excluding hydrogens is 344 g/mol. The van der Waals surface area contributed by atoms with Crippen LogP contribution in [0.1, 0.15) is 11.5 Å². The van der Waals surface area contributed by atoms with Crippen LogP contribution in [0, 0.1) is 11.6 Å². The Morgan fingerprint density at radius 3 is 2.58 bits per heavy atom. The van der Waals surface area contributed by atoms with E-state index in [-0.39, 0.29) is 17.5 Å². The zero-order valence-electron chi connectivity index (χ0n) is 13.9. The molecule has 6 nitrogen and oxygen atoms in total. The van der Waals surface area contributed by atoms with E-state index in [1.54, 1.807) is 19.2 Å². The molecule has 0 saturated carbocycles. The van der Waals surface area contributed by atoms with Crippen molar-refractivity contribution in [3.05, 3.63) is 59.7 Å². The summed E-state index contributed by atoms with van der Waals surface area (Å²) in [6.45, 7) is 0.362. The summed E-state index contributed by atoms with van der Waals surface area (Å²) >= 11 is 0. The van der Waals surface area contributed by atoms with Gasteiger partial charge in [0.15, 0.2) is 0 Å². The number of carbonyl (C=O) groups excluding carboxylic acids is 2. The number of nitrogens with one attached hydrogen (secondary N) is 3. The normalized spacial score (nSPS) is 19.0. The number of anilines is 1. The Balaban J connectivity index is 1.71. The Bertz CT molecular complexity index is 827. The van der Waals surface area contributed by atoms with Crippen LogP contribution in [0.2, 0.25) is 0 Å². The molecule has 0 radical (unpaired) electrons. The molecule has 8 heteroatoms. The Morgan fingerprint density at radius 1 is 1.19 bits per heavy atom. The maximum Gasteiger partial charge on any atom is 0.319 e. The fourth-order valence-corrected chi connectivity index (χ4v) is 2.84. The molecule has 136 valence electrons. The third-order valence-electron chi connectivity index (χ3n) is 4.19. The Kier molecular flexibility index (Phi) is 5.01. The number of halogens is 2. The fourth-order valence-electron chi connectivity index (χ4n) is 2.84. The molecule has 1 saturated heterocycles. The van der Waals surface area contributed by atoms with Gasteiger partial charge in [-0.05, 0) is 29.8 Å². The van der Waals surface area contributed by atoms with Gasteiger partial charge in [-0.1, -0.05) is 12.1 Å². The van der Waals surface area contributed by atoms with Gasteiger partial charge in [-0.3, -0.25) is 4.79 Å². The number of hydrogen-bond acceptors (Lipinski definition) is 3. The quantitative estimate of drug-likeness (QED) is 0.782. The van der Waals surface area contributed by atoms with E-state index in [4.69, 9.17) is 4.74 Å². The minimum absolute atomic E-state index is 0.177. The molecule has 0 aliphatic carbocycles. The molecule has 2 aromatic carbocycles. The van der Waals surface area contributed by atoms with Crippen LogP contribution in [-0.2, 0) is 4.79 Å². The van der Waals surface area contributed by atoms with Crippen molar-refractivity contribution in [2.45, 2.75) is 12.0 Å². The number of rotatable bonds is 4. The summed E-state index contributed by atoms with van der Waals surface area (Å²) in [5, 5.41) is 7.52. The van der Waals surface area contributed by atoms with Crippen molar-refractivity contribution < 1.29 is 23.1 Å². The molecule has 0 spiro atoms. The summed E-state index contributed by atoms with van der Waals surface area (Å²) < 4.78 is 31.7. The predicted octanol–water partition coefficient (Wildman–Crippen LogP) is 2.38. The summed E-state index contributed by atoms with van der Waals surface area (Å²) in [7, 11) is 1.55. The van der Waals surface area contributed by atoms with Crippen molar-refractivity contribution in [2.24, 2.45) is 0 Å². The van der Waals surface area contributed by atoms with Gasteiger partial charge in [0.2, 0.25) is 5.91 Å². The van der Waals surface area contributed by atoms with Crippen LogP contribution in [0.25, 0.3) is 0 Å². The highest BCUT2D eigenvalue weighted by molar-refractivity contribution is 5.95. The summed E-state index contributed by atoms with van der Waals surface area (Å²) in [5.41, 5.74) is 0.672. The molecule has 3 N–H and O–H groups in total. The van der Waals surface area contributed by atoms with E-state index in [0.29, 0.717) is 18.4 Å². The number of amides is 3. The molecule has 1 aliphatic heterocycles. The number of ether oxygens (including phenoxy) is 1. The van der Waals surface area contributed by atoms with E-state index in [1.165, 1.54) is 0 Å². The first-order valence-corrected chi connectivity index (χ1v) is 7.92. The van der Waals surface area contributed by atoms with Gasteiger partial charge in [0, 0.05) is 18.5 Å². The molecule has 2 unspecified atom stereocenters. The van der Waals surface area contributed by atoms with Crippen molar-refractivity contribution in [1.82, 2.24) is 10.6 Å². The van der Waals surface area contributed by atoms with Crippen molar-refractivity contribution in [3.8, 4) is 5.75 Å². The van der Waals surface area contributed by atoms with Gasteiger partial charge in [0.1, 0.15) is 23.4 Å². The average molecular weight is 361 g/mol. The second-order valence-corrected chi connectivity index (χ2v) is 5.83. The molecule has 2 aromatic rings. The molecule has 3 rings (SSSR count). The van der Waals surface area contributed by atoms with E-state index in [9.17, 15) is 18.4 Å². The van der Waals surface area contributed by atoms with E-state index in [0.717, 1.165) is 17.7 Å². The van der Waals surface area contributed by atoms with Gasteiger partial charge in [-0.2, -0.15) is 0 Å². The molecule has 1 heterocycles. The molecule has 1 fully saturated rings. The summed E-state index contributed by atoms with van der Waals surface area (Å²) in [4.78, 5) is 24.2. The van der Waals surface area contributed by atoms with E-state index in [2.05, 4.69) is 16.0 Å². The van der Waals surface area contributed by atoms with Crippen LogP contribution >= 0.6 is 0 Å². The Morgan fingerprint density at radius 2 is 1.92 bits per heavy atom. The molecule has 0 aromatic heterocycles. The minimum Gasteiger partial charge on any atom is -0.497 e. The number of hydrogen-bond donors (Lipinski definition) is 3. The number of methoxy groups -OCH3 is 1. The van der Waals surface area contributed by atoms with Gasteiger partial charge in [-0.15, -0.1) is 0 Å². The SMILES string of the molecule is COc1ccc(C2CNC(=O)C2NC(=O)Nc2ccc(F)cc2F)cc1. The highest BCUT2D eigenvalue weighted by Crippen LogP contribution is 2.26. The van der Waals surface area contributed by atoms with Gasteiger partial charge in [0.25, 0.3) is 0 Å². The molecular formula is C18H17F2N3O3. The van der Waals surface area contributed by atoms with Crippen molar-refractivity contribution in [3.63, 3.8) is 0 Å². The first kappa shape index (κ1) is 17.7.